The van der Waals surface area contributed by atoms with Gasteiger partial charge in [-0.25, -0.2) is 9.13 Å². The molecule has 232 valence electrons. The first-order chi connectivity index (χ1) is 20.7. The first-order valence-corrected chi connectivity index (χ1v) is 17.9. The minimum absolute atomic E-state index is 0.519. The summed E-state index contributed by atoms with van der Waals surface area (Å²) < 4.78 is 5.26. The lowest BCUT2D eigenvalue weighted by Gasteiger charge is -2.12. The van der Waals surface area contributed by atoms with Crippen LogP contribution in [0.3, 0.4) is 0 Å². The van der Waals surface area contributed by atoms with E-state index in [4.69, 9.17) is 0 Å². The molecule has 0 amide bonds. The quantitative estimate of drug-likeness (QED) is 0.0747. The van der Waals surface area contributed by atoms with Crippen molar-refractivity contribution in [1.82, 2.24) is 4.57 Å². The second kappa shape index (κ2) is 21.4. The normalized spacial score (nSPS) is 12.2. The first kappa shape index (κ1) is 34.1. The minimum Gasteiger partial charge on any atom is -0.234 e. The fourth-order valence-electron chi connectivity index (χ4n) is 6.52. The maximum Gasteiger partial charge on any atom is 0.261 e. The van der Waals surface area contributed by atoms with Crippen LogP contribution in [-0.2, 0) is 25.9 Å². The minimum atomic E-state index is 0.519. The van der Waals surface area contributed by atoms with E-state index >= 15 is 0 Å². The molecule has 0 saturated heterocycles. The second-order valence-electron chi connectivity index (χ2n) is 12.9. The Kier molecular flexibility index (Phi) is 17.4. The van der Waals surface area contributed by atoms with E-state index in [0.717, 1.165) is 25.9 Å². The monoisotopic (exact) mass is 571 g/mol. The maximum atomic E-state index is 2.70. The van der Waals surface area contributed by atoms with Crippen molar-refractivity contribution in [1.29, 1.82) is 0 Å². The number of unbranched alkanes of at least 4 members (excludes halogenated alkanes) is 15. The fraction of sp³-hybridized carbons (Fsp3) is 0.625. The molecule has 42 heavy (non-hydrogen) atoms. The number of hydrogen-bond donors (Lipinski definition) is 0. The third-order valence-electron chi connectivity index (χ3n) is 9.08. The van der Waals surface area contributed by atoms with Crippen molar-refractivity contribution in [2.75, 3.05) is 0 Å². The number of hydrogen-bond acceptors (Lipinski definition) is 0. The van der Waals surface area contributed by atoms with Crippen LogP contribution in [0.1, 0.15) is 158 Å². The van der Waals surface area contributed by atoms with Crippen LogP contribution in [0.5, 0.6) is 0 Å². The smallest absolute Gasteiger partial charge is 0.234 e. The van der Waals surface area contributed by atoms with E-state index < -0.39 is 0 Å². The molecule has 0 aliphatic carbocycles. The van der Waals surface area contributed by atoms with Crippen molar-refractivity contribution in [2.24, 2.45) is 0 Å². The van der Waals surface area contributed by atoms with Gasteiger partial charge in [-0.3, -0.25) is 0 Å². The molecule has 0 fully saturated rings. The van der Waals surface area contributed by atoms with Gasteiger partial charge in [-0.05, 0) is 36.3 Å². The van der Waals surface area contributed by atoms with Gasteiger partial charge in [0.1, 0.15) is 11.9 Å². The van der Waals surface area contributed by atoms with Crippen molar-refractivity contribution in [3.05, 3.63) is 89.5 Å². The van der Waals surface area contributed by atoms with Crippen LogP contribution in [0, 0.1) is 0 Å². The molecular weight excluding hydrogens is 508 g/mol. The fourth-order valence-corrected chi connectivity index (χ4v) is 6.52. The highest BCUT2D eigenvalue weighted by molar-refractivity contribution is 5.21. The van der Waals surface area contributed by atoms with E-state index in [2.05, 4.69) is 96.8 Å². The summed E-state index contributed by atoms with van der Waals surface area (Å²) in [6.07, 6.45) is 28.5. The molecule has 0 spiro atoms. The predicted molar refractivity (Wildman–Crippen MR) is 182 cm³/mol. The van der Waals surface area contributed by atoms with Crippen LogP contribution in [0.25, 0.3) is 0 Å². The van der Waals surface area contributed by atoms with E-state index in [1.54, 1.807) is 0 Å². The molecule has 0 aliphatic rings. The van der Waals surface area contributed by atoms with Crippen LogP contribution < -0.4 is 4.57 Å². The molecule has 2 aromatic carbocycles. The van der Waals surface area contributed by atoms with Gasteiger partial charge in [-0.15, -0.1) is 0 Å². The van der Waals surface area contributed by atoms with Gasteiger partial charge in [0.15, 0.2) is 0 Å². The number of benzene rings is 2. The van der Waals surface area contributed by atoms with Crippen LogP contribution in [0.4, 0.5) is 0 Å². The largest absolute Gasteiger partial charge is 0.261 e. The SMILES string of the molecule is CCCCCCCCCCCCCCCCCC[n+]1c(CC(C)c2ccccc2)cn(CCC)c1Cc1ccccc1. The van der Waals surface area contributed by atoms with Crippen molar-refractivity contribution >= 4 is 0 Å². The molecule has 3 rings (SSSR count). The van der Waals surface area contributed by atoms with E-state index in [-0.39, 0.29) is 0 Å². The second-order valence-corrected chi connectivity index (χ2v) is 12.9. The molecule has 0 N–H and O–H groups in total. The summed E-state index contributed by atoms with van der Waals surface area (Å²) in [5.74, 6) is 2.00. The number of aromatic nitrogens is 2. The molecule has 1 aromatic heterocycles. The van der Waals surface area contributed by atoms with Crippen LogP contribution in [-0.4, -0.2) is 4.57 Å². The molecule has 0 saturated carbocycles. The van der Waals surface area contributed by atoms with Crippen molar-refractivity contribution < 1.29 is 4.57 Å². The summed E-state index contributed by atoms with van der Waals surface area (Å²) >= 11 is 0. The summed E-state index contributed by atoms with van der Waals surface area (Å²) in [6, 6.07) is 22.1. The molecular formula is C40H63N2+. The third kappa shape index (κ3) is 12.9. The Bertz CT molecular complexity index is 1050. The molecule has 0 bridgehead atoms. The first-order valence-electron chi connectivity index (χ1n) is 17.9. The van der Waals surface area contributed by atoms with Crippen LogP contribution in [0.2, 0.25) is 0 Å². The Morgan fingerprint density at radius 3 is 1.62 bits per heavy atom. The average molecular weight is 572 g/mol. The highest BCUT2D eigenvalue weighted by Gasteiger charge is 2.24. The van der Waals surface area contributed by atoms with Gasteiger partial charge in [-0.1, -0.05) is 171 Å². The zero-order valence-electron chi connectivity index (χ0n) is 27.7. The lowest BCUT2D eigenvalue weighted by Crippen LogP contribution is -2.41. The van der Waals surface area contributed by atoms with Crippen molar-refractivity contribution in [2.45, 2.75) is 162 Å². The van der Waals surface area contributed by atoms with E-state index in [1.165, 1.54) is 132 Å². The zero-order valence-corrected chi connectivity index (χ0v) is 27.7. The standard InChI is InChI=1S/C40H63N2/c1-4-6-7-8-9-10-11-12-13-14-15-16-17-18-19-26-32-42-39(33-36(3)38-29-24-21-25-30-38)35-41(31-5-2)40(42)34-37-27-22-20-23-28-37/h20-25,27-30,35-36H,4-19,26,31-34H2,1-3H3/q+1. The summed E-state index contributed by atoms with van der Waals surface area (Å²) in [7, 11) is 0. The van der Waals surface area contributed by atoms with Crippen LogP contribution >= 0.6 is 0 Å². The van der Waals surface area contributed by atoms with Gasteiger partial charge in [0.2, 0.25) is 0 Å². The van der Waals surface area contributed by atoms with Gasteiger partial charge in [0.05, 0.1) is 19.5 Å². The van der Waals surface area contributed by atoms with E-state index in [9.17, 15) is 0 Å². The molecule has 0 aliphatic heterocycles. The van der Waals surface area contributed by atoms with Crippen molar-refractivity contribution in [3.63, 3.8) is 0 Å². The van der Waals surface area contributed by atoms with Gasteiger partial charge < -0.3 is 0 Å². The predicted octanol–water partition coefficient (Wildman–Crippen LogP) is 11.4. The van der Waals surface area contributed by atoms with Crippen molar-refractivity contribution in [3.8, 4) is 0 Å². The highest BCUT2D eigenvalue weighted by Crippen LogP contribution is 2.21. The van der Waals surface area contributed by atoms with Gasteiger partial charge in [-0.2, -0.15) is 0 Å². The lowest BCUT2D eigenvalue weighted by atomic mass is 9.96. The summed E-state index contributed by atoms with van der Waals surface area (Å²) in [5.41, 5.74) is 4.36. The van der Waals surface area contributed by atoms with E-state index in [1.807, 2.05) is 0 Å². The Labute approximate surface area is 260 Å². The molecule has 2 nitrogen and oxygen atoms in total. The Morgan fingerprint density at radius 2 is 1.10 bits per heavy atom. The zero-order chi connectivity index (χ0) is 29.7. The van der Waals surface area contributed by atoms with Crippen LogP contribution in [0.15, 0.2) is 66.9 Å². The highest BCUT2D eigenvalue weighted by atomic mass is 15.2. The Balaban J connectivity index is 1.45. The Hall–Kier alpha value is -2.35. The molecule has 1 unspecified atom stereocenters. The number of aryl methyl sites for hydroxylation is 1. The maximum absolute atomic E-state index is 2.70. The lowest BCUT2D eigenvalue weighted by molar-refractivity contribution is -0.710. The summed E-state index contributed by atoms with van der Waals surface area (Å²) in [6.45, 7) is 9.24. The number of nitrogens with zero attached hydrogens (tertiary/aromatic N) is 2. The molecule has 0 radical (unpaired) electrons. The average Bonchev–Trinajstić information content (AvgIpc) is 3.32. The van der Waals surface area contributed by atoms with Gasteiger partial charge in [0, 0.05) is 6.42 Å². The molecule has 1 heterocycles. The summed E-state index contributed by atoms with van der Waals surface area (Å²) in [5, 5.41) is 0. The Morgan fingerprint density at radius 1 is 0.595 bits per heavy atom. The van der Waals surface area contributed by atoms with Gasteiger partial charge >= 0.3 is 0 Å². The number of imidazole rings is 1. The third-order valence-corrected chi connectivity index (χ3v) is 9.08. The van der Waals surface area contributed by atoms with Gasteiger partial charge in [0.25, 0.3) is 5.82 Å². The summed E-state index contributed by atoms with van der Waals surface area (Å²) in [4.78, 5) is 0. The topological polar surface area (TPSA) is 8.81 Å². The van der Waals surface area contributed by atoms with E-state index in [0.29, 0.717) is 5.92 Å². The molecule has 1 atom stereocenters. The molecule has 2 heteroatoms. The number of rotatable bonds is 24. The molecule has 3 aromatic rings.